The molecule has 1 aromatic heterocycles. The summed E-state index contributed by atoms with van der Waals surface area (Å²) in [6.07, 6.45) is 1.02. The van der Waals surface area contributed by atoms with Crippen molar-refractivity contribution in [1.82, 2.24) is 4.98 Å². The first-order valence-corrected chi connectivity index (χ1v) is 11.5. The molecule has 0 saturated carbocycles. The molecule has 0 spiro atoms. The van der Waals surface area contributed by atoms with E-state index in [-0.39, 0.29) is 17.2 Å². The summed E-state index contributed by atoms with van der Waals surface area (Å²) in [5.74, 6) is -1.66. The van der Waals surface area contributed by atoms with Gasteiger partial charge >= 0.3 is 5.97 Å². The number of hydrogen-bond acceptors (Lipinski definition) is 6. The highest BCUT2D eigenvalue weighted by molar-refractivity contribution is 8.00. The second-order valence-electron chi connectivity index (χ2n) is 6.53. The maximum atomic E-state index is 12.3. The second kappa shape index (κ2) is 10.9. The lowest BCUT2D eigenvalue weighted by Gasteiger charge is -2.05. The number of hydrogen-bond donors (Lipinski definition) is 3. The number of anilines is 2. The Morgan fingerprint density at radius 1 is 1.09 bits per heavy atom. The van der Waals surface area contributed by atoms with Crippen molar-refractivity contribution >= 4 is 63.3 Å². The molecule has 0 bridgehead atoms. The van der Waals surface area contributed by atoms with Crippen molar-refractivity contribution in [3.63, 3.8) is 0 Å². The van der Waals surface area contributed by atoms with Crippen molar-refractivity contribution in [2.45, 2.75) is 11.8 Å². The third-order valence-corrected chi connectivity index (χ3v) is 6.09. The molecule has 164 valence electrons. The minimum absolute atomic E-state index is 0.0544. The lowest BCUT2D eigenvalue weighted by atomic mass is 10.2. The summed E-state index contributed by atoms with van der Waals surface area (Å²) >= 11 is 8.59. The Morgan fingerprint density at radius 2 is 1.78 bits per heavy atom. The molecule has 7 nitrogen and oxygen atoms in total. The molecule has 0 saturated heterocycles. The molecule has 32 heavy (non-hydrogen) atoms. The molecule has 3 aromatic rings. The predicted octanol–water partition coefficient (Wildman–Crippen LogP) is 5.16. The number of nitrogens with one attached hydrogen (secondary N) is 2. The molecule has 2 aromatic carbocycles. The first kappa shape index (κ1) is 23.5. The molecule has 0 aliphatic heterocycles. The van der Waals surface area contributed by atoms with E-state index in [1.807, 2.05) is 17.5 Å². The zero-order valence-electron chi connectivity index (χ0n) is 16.8. The summed E-state index contributed by atoms with van der Waals surface area (Å²) in [5, 5.41) is 17.2. The van der Waals surface area contributed by atoms with Crippen LogP contribution in [0.1, 0.15) is 6.92 Å². The Hall–Kier alpha value is -3.14. The molecule has 0 aliphatic carbocycles. The number of thiazole rings is 1. The van der Waals surface area contributed by atoms with Crippen LogP contribution in [0.25, 0.3) is 11.3 Å². The van der Waals surface area contributed by atoms with E-state index in [0.29, 0.717) is 15.8 Å². The van der Waals surface area contributed by atoms with Crippen LogP contribution in [0.5, 0.6) is 0 Å². The van der Waals surface area contributed by atoms with Gasteiger partial charge in [0.1, 0.15) is 0 Å². The van der Waals surface area contributed by atoms with Gasteiger partial charge in [-0.3, -0.25) is 9.59 Å². The quantitative estimate of drug-likeness (QED) is 0.299. The molecule has 0 radical (unpaired) electrons. The zero-order chi connectivity index (χ0) is 23.1. The molecule has 10 heteroatoms. The summed E-state index contributed by atoms with van der Waals surface area (Å²) in [4.78, 5) is 40.1. The first-order valence-electron chi connectivity index (χ1n) is 9.27. The predicted molar refractivity (Wildman–Crippen MR) is 128 cm³/mol. The lowest BCUT2D eigenvalue weighted by Crippen LogP contribution is -2.13. The van der Waals surface area contributed by atoms with Crippen LogP contribution in [-0.4, -0.2) is 33.6 Å². The number of carboxylic acid groups (broad SMARTS) is 1. The summed E-state index contributed by atoms with van der Waals surface area (Å²) in [6.45, 7) is 1.34. The summed E-state index contributed by atoms with van der Waals surface area (Å²) in [7, 11) is 0. The second-order valence-corrected chi connectivity index (χ2v) is 8.87. The average Bonchev–Trinajstić information content (AvgIpc) is 3.22. The SMILES string of the molecule is CC(=CC(=O)Nc1ccc(SCC(=O)Nc2nc(-c3ccc(Cl)cc3)cs2)cc1)C(=O)O. The zero-order valence-corrected chi connectivity index (χ0v) is 19.2. The van der Waals surface area contributed by atoms with E-state index in [2.05, 4.69) is 15.6 Å². The molecule has 1 heterocycles. The maximum absolute atomic E-state index is 12.3. The van der Waals surface area contributed by atoms with Crippen LogP contribution in [0.4, 0.5) is 10.8 Å². The molecule has 2 amide bonds. The maximum Gasteiger partial charge on any atom is 0.331 e. The number of carbonyl (C=O) groups excluding carboxylic acids is 2. The number of amides is 2. The van der Waals surface area contributed by atoms with E-state index in [1.165, 1.54) is 30.0 Å². The van der Waals surface area contributed by atoms with Gasteiger partial charge in [-0.2, -0.15) is 0 Å². The van der Waals surface area contributed by atoms with Gasteiger partial charge in [-0.05, 0) is 43.3 Å². The lowest BCUT2D eigenvalue weighted by molar-refractivity contribution is -0.132. The highest BCUT2D eigenvalue weighted by Crippen LogP contribution is 2.26. The van der Waals surface area contributed by atoms with E-state index >= 15 is 0 Å². The summed E-state index contributed by atoms with van der Waals surface area (Å²) in [6, 6.07) is 14.2. The minimum Gasteiger partial charge on any atom is -0.478 e. The fourth-order valence-electron chi connectivity index (χ4n) is 2.46. The molecule has 3 rings (SSSR count). The first-order chi connectivity index (χ1) is 15.3. The van der Waals surface area contributed by atoms with Gasteiger partial charge in [-0.25, -0.2) is 9.78 Å². The van der Waals surface area contributed by atoms with Crippen LogP contribution in [0.3, 0.4) is 0 Å². The van der Waals surface area contributed by atoms with E-state index < -0.39 is 11.9 Å². The Labute approximate surface area is 197 Å². The van der Waals surface area contributed by atoms with Crippen molar-refractivity contribution in [1.29, 1.82) is 0 Å². The van der Waals surface area contributed by atoms with Gasteiger partial charge in [0.05, 0.1) is 11.4 Å². The number of rotatable bonds is 8. The van der Waals surface area contributed by atoms with Crippen LogP contribution in [0.15, 0.2) is 70.5 Å². The Balaban J connectivity index is 1.49. The normalized spacial score (nSPS) is 11.1. The monoisotopic (exact) mass is 487 g/mol. The largest absolute Gasteiger partial charge is 0.478 e. The Morgan fingerprint density at radius 3 is 2.44 bits per heavy atom. The van der Waals surface area contributed by atoms with E-state index in [4.69, 9.17) is 16.7 Å². The van der Waals surface area contributed by atoms with Gasteiger partial charge in [-0.1, -0.05) is 23.7 Å². The number of halogens is 1. The number of carboxylic acids is 1. The van der Waals surface area contributed by atoms with Crippen LogP contribution in [0, 0.1) is 0 Å². The van der Waals surface area contributed by atoms with Crippen LogP contribution < -0.4 is 10.6 Å². The number of aliphatic carboxylic acids is 1. The van der Waals surface area contributed by atoms with Crippen LogP contribution >= 0.6 is 34.7 Å². The molecule has 0 fully saturated rings. The summed E-state index contributed by atoms with van der Waals surface area (Å²) in [5.41, 5.74) is 2.15. The fourth-order valence-corrected chi connectivity index (χ4v) is 4.02. The van der Waals surface area contributed by atoms with E-state index in [9.17, 15) is 14.4 Å². The Kier molecular flexibility index (Phi) is 8.04. The molecular formula is C22H18ClN3O4S2. The van der Waals surface area contributed by atoms with Crippen molar-refractivity contribution in [3.8, 4) is 11.3 Å². The standard InChI is InChI=1S/C22H18ClN3O4S2/c1-13(21(29)30)10-19(27)24-16-6-8-17(9-7-16)31-12-20(28)26-22-25-18(11-32-22)14-2-4-15(23)5-3-14/h2-11H,12H2,1H3,(H,24,27)(H,29,30)(H,25,26,28). The topological polar surface area (TPSA) is 108 Å². The van der Waals surface area contributed by atoms with Crippen molar-refractivity contribution < 1.29 is 19.5 Å². The average molecular weight is 488 g/mol. The van der Waals surface area contributed by atoms with Crippen LogP contribution in [0.2, 0.25) is 5.02 Å². The number of thioether (sulfide) groups is 1. The van der Waals surface area contributed by atoms with Gasteiger partial charge in [0, 0.05) is 38.2 Å². The molecule has 0 unspecified atom stereocenters. The molecule has 0 atom stereocenters. The molecule has 3 N–H and O–H groups in total. The number of benzene rings is 2. The van der Waals surface area contributed by atoms with Gasteiger partial charge in [-0.15, -0.1) is 23.1 Å². The van der Waals surface area contributed by atoms with E-state index in [0.717, 1.165) is 22.2 Å². The Bertz CT molecular complexity index is 1160. The number of nitrogens with zero attached hydrogens (tertiary/aromatic N) is 1. The van der Waals surface area contributed by atoms with Crippen molar-refractivity contribution in [3.05, 3.63) is 70.6 Å². The van der Waals surface area contributed by atoms with Crippen LogP contribution in [-0.2, 0) is 14.4 Å². The third kappa shape index (κ3) is 6.94. The minimum atomic E-state index is -1.15. The van der Waals surface area contributed by atoms with Crippen molar-refractivity contribution in [2.24, 2.45) is 0 Å². The third-order valence-electron chi connectivity index (χ3n) is 4.07. The van der Waals surface area contributed by atoms with E-state index in [1.54, 1.807) is 36.4 Å². The molecular weight excluding hydrogens is 470 g/mol. The van der Waals surface area contributed by atoms with Gasteiger partial charge in [0.25, 0.3) is 0 Å². The van der Waals surface area contributed by atoms with Gasteiger partial charge < -0.3 is 15.7 Å². The van der Waals surface area contributed by atoms with Gasteiger partial charge in [0.2, 0.25) is 11.8 Å². The molecule has 0 aliphatic rings. The number of carbonyl (C=O) groups is 3. The summed E-state index contributed by atoms with van der Waals surface area (Å²) < 4.78 is 0. The highest BCUT2D eigenvalue weighted by atomic mass is 35.5. The smallest absolute Gasteiger partial charge is 0.331 e. The number of aromatic nitrogens is 1. The fraction of sp³-hybridized carbons (Fsp3) is 0.0909. The van der Waals surface area contributed by atoms with Gasteiger partial charge in [0.15, 0.2) is 5.13 Å². The van der Waals surface area contributed by atoms with Crippen molar-refractivity contribution in [2.75, 3.05) is 16.4 Å². The highest BCUT2D eigenvalue weighted by Gasteiger charge is 2.09.